The van der Waals surface area contributed by atoms with Gasteiger partial charge in [-0.3, -0.25) is 4.79 Å². The van der Waals surface area contributed by atoms with Crippen molar-refractivity contribution in [1.82, 2.24) is 0 Å². The molecular weight excluding hydrogens is 285 g/mol. The van der Waals surface area contributed by atoms with Crippen LogP contribution in [0.3, 0.4) is 0 Å². The van der Waals surface area contributed by atoms with Crippen LogP contribution in [0.4, 0.5) is 10.1 Å². The predicted octanol–water partition coefficient (Wildman–Crippen LogP) is 3.51. The van der Waals surface area contributed by atoms with E-state index < -0.39 is 0 Å². The number of hydrogen-bond donors (Lipinski definition) is 1. The number of benzene rings is 1. The summed E-state index contributed by atoms with van der Waals surface area (Å²) in [5.74, 6) is 0.119. The van der Waals surface area contributed by atoms with E-state index in [4.69, 9.17) is 9.47 Å². The van der Waals surface area contributed by atoms with Gasteiger partial charge in [0.1, 0.15) is 18.2 Å². The van der Waals surface area contributed by atoms with Crippen LogP contribution in [0.25, 0.3) is 0 Å². The summed E-state index contributed by atoms with van der Waals surface area (Å²) < 4.78 is 24.7. The molecule has 0 bridgehead atoms. The van der Waals surface area contributed by atoms with Gasteiger partial charge in [-0.25, -0.2) is 4.39 Å². The molecule has 1 heterocycles. The second-order valence-electron chi connectivity index (χ2n) is 6.06. The lowest BCUT2D eigenvalue weighted by Crippen LogP contribution is -2.22. The van der Waals surface area contributed by atoms with Crippen LogP contribution in [0, 0.1) is 11.7 Å². The second kappa shape index (κ2) is 7.09. The zero-order valence-corrected chi connectivity index (χ0v) is 12.6. The van der Waals surface area contributed by atoms with Crippen molar-refractivity contribution in [1.29, 1.82) is 0 Å². The predicted molar refractivity (Wildman–Crippen MR) is 81.5 cm³/mol. The third-order valence-corrected chi connectivity index (χ3v) is 4.37. The van der Waals surface area contributed by atoms with Gasteiger partial charge in [-0.1, -0.05) is 12.8 Å². The standard InChI is InChI=1S/C17H22FNO3/c18-13-7-8-16(22-11-14-6-3-9-21-14)15(10-13)19-17(20)12-4-1-2-5-12/h7-8,10,12,14H,1-6,9,11H2,(H,19,20)/t14-/m1/s1. The van der Waals surface area contributed by atoms with Gasteiger partial charge in [-0.2, -0.15) is 0 Å². The van der Waals surface area contributed by atoms with Crippen molar-refractivity contribution in [3.05, 3.63) is 24.0 Å². The lowest BCUT2D eigenvalue weighted by Gasteiger charge is -2.16. The summed E-state index contributed by atoms with van der Waals surface area (Å²) in [6.45, 7) is 1.20. The first-order valence-corrected chi connectivity index (χ1v) is 8.07. The molecule has 1 aliphatic carbocycles. The molecule has 1 N–H and O–H groups in total. The molecule has 2 fully saturated rings. The van der Waals surface area contributed by atoms with Crippen LogP contribution < -0.4 is 10.1 Å². The van der Waals surface area contributed by atoms with Crippen molar-refractivity contribution in [2.75, 3.05) is 18.5 Å². The van der Waals surface area contributed by atoms with Crippen LogP contribution in [0.15, 0.2) is 18.2 Å². The van der Waals surface area contributed by atoms with Crippen molar-refractivity contribution in [2.24, 2.45) is 5.92 Å². The van der Waals surface area contributed by atoms with Crippen LogP contribution >= 0.6 is 0 Å². The quantitative estimate of drug-likeness (QED) is 0.905. The highest BCUT2D eigenvalue weighted by molar-refractivity contribution is 5.94. The summed E-state index contributed by atoms with van der Waals surface area (Å²) in [5.41, 5.74) is 0.412. The minimum absolute atomic E-state index is 0.0364. The van der Waals surface area contributed by atoms with Gasteiger partial charge in [0.25, 0.3) is 0 Å². The van der Waals surface area contributed by atoms with Crippen molar-refractivity contribution >= 4 is 11.6 Å². The van der Waals surface area contributed by atoms with Crippen LogP contribution in [-0.4, -0.2) is 25.2 Å². The topological polar surface area (TPSA) is 47.6 Å². The van der Waals surface area contributed by atoms with E-state index in [0.717, 1.165) is 45.1 Å². The van der Waals surface area contributed by atoms with E-state index in [9.17, 15) is 9.18 Å². The minimum atomic E-state index is -0.383. The van der Waals surface area contributed by atoms with Gasteiger partial charge >= 0.3 is 0 Å². The third-order valence-electron chi connectivity index (χ3n) is 4.37. The first-order chi connectivity index (χ1) is 10.7. The fraction of sp³-hybridized carbons (Fsp3) is 0.588. The molecule has 2 aliphatic rings. The van der Waals surface area contributed by atoms with Crippen LogP contribution in [0.5, 0.6) is 5.75 Å². The van der Waals surface area contributed by atoms with E-state index in [1.54, 1.807) is 6.07 Å². The summed E-state index contributed by atoms with van der Waals surface area (Å²) in [6, 6.07) is 4.22. The van der Waals surface area contributed by atoms with Crippen LogP contribution in [0.2, 0.25) is 0 Å². The maximum Gasteiger partial charge on any atom is 0.227 e. The smallest absolute Gasteiger partial charge is 0.227 e. The molecule has 0 aromatic heterocycles. The lowest BCUT2D eigenvalue weighted by molar-refractivity contribution is -0.119. The summed E-state index contributed by atoms with van der Waals surface area (Å²) in [4.78, 5) is 12.2. The molecule has 5 heteroatoms. The van der Waals surface area contributed by atoms with E-state index in [1.165, 1.54) is 12.1 Å². The summed E-state index contributed by atoms with van der Waals surface area (Å²) in [7, 11) is 0. The number of amides is 1. The number of carbonyl (C=O) groups is 1. The van der Waals surface area contributed by atoms with Crippen LogP contribution in [-0.2, 0) is 9.53 Å². The summed E-state index contributed by atoms with van der Waals surface area (Å²) in [5, 5.41) is 2.82. The van der Waals surface area contributed by atoms with Crippen LogP contribution in [0.1, 0.15) is 38.5 Å². The molecule has 0 spiro atoms. The first kappa shape index (κ1) is 15.3. The van der Waals surface area contributed by atoms with E-state index in [0.29, 0.717) is 18.0 Å². The van der Waals surface area contributed by atoms with Gasteiger partial charge in [0.15, 0.2) is 0 Å². The van der Waals surface area contributed by atoms with Gasteiger partial charge < -0.3 is 14.8 Å². The fourth-order valence-corrected chi connectivity index (χ4v) is 3.11. The maximum absolute atomic E-state index is 13.5. The zero-order chi connectivity index (χ0) is 15.4. The number of hydrogen-bond acceptors (Lipinski definition) is 3. The highest BCUT2D eigenvalue weighted by Gasteiger charge is 2.24. The SMILES string of the molecule is O=C(Nc1cc(F)ccc1OC[C@H]1CCCO1)C1CCCC1. The molecule has 0 radical (unpaired) electrons. The van der Waals surface area contributed by atoms with Crippen molar-refractivity contribution in [2.45, 2.75) is 44.6 Å². The maximum atomic E-state index is 13.5. The number of anilines is 1. The highest BCUT2D eigenvalue weighted by atomic mass is 19.1. The molecule has 4 nitrogen and oxygen atoms in total. The highest BCUT2D eigenvalue weighted by Crippen LogP contribution is 2.30. The number of rotatable bonds is 5. The molecule has 22 heavy (non-hydrogen) atoms. The van der Waals surface area contributed by atoms with E-state index in [2.05, 4.69) is 5.32 Å². The molecule has 120 valence electrons. The number of ether oxygens (including phenoxy) is 2. The lowest BCUT2D eigenvalue weighted by atomic mass is 10.1. The second-order valence-corrected chi connectivity index (χ2v) is 6.06. The van der Waals surface area contributed by atoms with Crippen molar-refractivity contribution < 1.29 is 18.7 Å². The minimum Gasteiger partial charge on any atom is -0.489 e. The van der Waals surface area contributed by atoms with Crippen molar-refractivity contribution in [3.63, 3.8) is 0 Å². The Kier molecular flexibility index (Phi) is 4.93. The Morgan fingerprint density at radius 2 is 2.09 bits per heavy atom. The molecule has 1 saturated carbocycles. The van der Waals surface area contributed by atoms with E-state index in [1.807, 2.05) is 0 Å². The van der Waals surface area contributed by atoms with Gasteiger partial charge in [0.05, 0.1) is 11.8 Å². The molecule has 1 amide bonds. The Morgan fingerprint density at radius 1 is 1.27 bits per heavy atom. The number of halogens is 1. The molecule has 1 saturated heterocycles. The van der Waals surface area contributed by atoms with Gasteiger partial charge in [0.2, 0.25) is 5.91 Å². The molecule has 3 rings (SSSR count). The van der Waals surface area contributed by atoms with Crippen molar-refractivity contribution in [3.8, 4) is 5.75 Å². The van der Waals surface area contributed by atoms with E-state index >= 15 is 0 Å². The molecule has 1 aromatic carbocycles. The number of nitrogens with one attached hydrogen (secondary N) is 1. The van der Waals surface area contributed by atoms with Gasteiger partial charge in [-0.15, -0.1) is 0 Å². The normalized spacial score (nSPS) is 22.0. The zero-order valence-electron chi connectivity index (χ0n) is 12.6. The molecule has 1 atom stereocenters. The summed E-state index contributed by atoms with van der Waals surface area (Å²) >= 11 is 0. The monoisotopic (exact) mass is 307 g/mol. The first-order valence-electron chi connectivity index (χ1n) is 8.07. The Hall–Kier alpha value is -1.62. The Morgan fingerprint density at radius 3 is 2.82 bits per heavy atom. The molecular formula is C17H22FNO3. The Labute approximate surface area is 130 Å². The van der Waals surface area contributed by atoms with Gasteiger partial charge in [-0.05, 0) is 37.8 Å². The Balaban J connectivity index is 1.65. The third kappa shape index (κ3) is 3.77. The fourth-order valence-electron chi connectivity index (χ4n) is 3.11. The average molecular weight is 307 g/mol. The largest absolute Gasteiger partial charge is 0.489 e. The Bertz CT molecular complexity index is 523. The van der Waals surface area contributed by atoms with E-state index in [-0.39, 0.29) is 23.7 Å². The number of carbonyl (C=O) groups excluding carboxylic acids is 1. The average Bonchev–Trinajstić information content (AvgIpc) is 3.20. The molecule has 0 unspecified atom stereocenters. The summed E-state index contributed by atoms with van der Waals surface area (Å²) in [6.07, 6.45) is 6.10. The molecule has 1 aliphatic heterocycles. The van der Waals surface area contributed by atoms with Gasteiger partial charge in [0, 0.05) is 18.6 Å². The molecule has 1 aromatic rings.